The summed E-state index contributed by atoms with van der Waals surface area (Å²) in [6.07, 6.45) is 1.38. The van der Waals surface area contributed by atoms with E-state index in [4.69, 9.17) is 16.0 Å². The van der Waals surface area contributed by atoms with E-state index in [1.165, 1.54) is 17.6 Å². The van der Waals surface area contributed by atoms with Crippen molar-refractivity contribution in [3.8, 4) is 0 Å². The van der Waals surface area contributed by atoms with Crippen LogP contribution in [0.3, 0.4) is 0 Å². The lowest BCUT2D eigenvalue weighted by molar-refractivity contribution is 0.569. The highest BCUT2D eigenvalue weighted by molar-refractivity contribution is 7.79. The molecule has 1 heterocycles. The van der Waals surface area contributed by atoms with Crippen molar-refractivity contribution in [1.82, 2.24) is 4.98 Å². The first kappa shape index (κ1) is 12.7. The lowest BCUT2D eigenvalue weighted by atomic mass is 10.5. The number of hydrogen-bond acceptors (Lipinski definition) is 5. The van der Waals surface area contributed by atoms with Crippen molar-refractivity contribution in [3.05, 3.63) is 11.1 Å². The van der Waals surface area contributed by atoms with Gasteiger partial charge in [0.25, 0.3) is 0 Å². The van der Waals surface area contributed by atoms with Gasteiger partial charge in [-0.25, -0.2) is 9.19 Å². The maximum absolute atomic E-state index is 10.3. The number of nitrogens with zero attached hydrogens (tertiary/aromatic N) is 3. The molecule has 0 aliphatic heterocycles. The summed E-state index contributed by atoms with van der Waals surface area (Å²) in [6.45, 7) is 0.341. The van der Waals surface area contributed by atoms with Gasteiger partial charge in [0.2, 0.25) is 5.13 Å². The first-order valence-electron chi connectivity index (χ1n) is 4.17. The molecule has 0 radical (unpaired) electrons. The van der Waals surface area contributed by atoms with E-state index in [2.05, 4.69) is 15.0 Å². The van der Waals surface area contributed by atoms with Crippen LogP contribution in [0.1, 0.15) is 5.69 Å². The van der Waals surface area contributed by atoms with Crippen LogP contribution in [0.4, 0.5) is 5.13 Å². The normalized spacial score (nSPS) is 12.8. The zero-order chi connectivity index (χ0) is 12.0. The molecule has 88 valence electrons. The molecule has 1 atom stereocenters. The van der Waals surface area contributed by atoms with Crippen molar-refractivity contribution in [1.29, 1.82) is 0 Å². The summed E-state index contributed by atoms with van der Waals surface area (Å²) in [6, 6.07) is 0. The third-order valence-corrected chi connectivity index (χ3v) is 2.58. The second-order valence-corrected chi connectivity index (χ2v) is 4.48. The summed E-state index contributed by atoms with van der Waals surface area (Å²) in [4.78, 5) is 11.8. The number of hydrogen-bond donors (Lipinski definition) is 3. The highest BCUT2D eigenvalue weighted by atomic mass is 32.2. The van der Waals surface area contributed by atoms with Crippen molar-refractivity contribution in [3.63, 3.8) is 0 Å². The Morgan fingerprint density at radius 2 is 2.44 bits per heavy atom. The minimum absolute atomic E-state index is 0.0187. The zero-order valence-electron chi connectivity index (χ0n) is 8.24. The predicted molar refractivity (Wildman–Crippen MR) is 65.4 cm³/mol. The first-order valence-corrected chi connectivity index (χ1v) is 6.33. The maximum atomic E-state index is 10.3. The molecule has 9 heteroatoms. The number of rotatable bonds is 5. The van der Waals surface area contributed by atoms with Crippen LogP contribution in [0.2, 0.25) is 0 Å². The number of aromatic nitrogens is 1. The van der Waals surface area contributed by atoms with E-state index >= 15 is 0 Å². The molecular formula is C7H11N5O2S2. The van der Waals surface area contributed by atoms with E-state index in [0.29, 0.717) is 17.4 Å². The Morgan fingerprint density at radius 3 is 3.06 bits per heavy atom. The molecule has 7 nitrogen and oxygen atoms in total. The number of thiazole rings is 1. The van der Waals surface area contributed by atoms with Crippen molar-refractivity contribution >= 4 is 39.7 Å². The smallest absolute Gasteiger partial charge is 0.212 e. The molecule has 0 aliphatic carbocycles. The number of aliphatic imine (C=N–C) groups is 2. The standard InChI is InChI=1S/C7H11N5O2S2/c8-6(9)12-7-11-5(4-15-7)3-10-1-2-16(13)14/h1,4H,2-3H2,(H,13,14)(H4,8,9,11,12). The topological polar surface area (TPSA) is 127 Å². The highest BCUT2D eigenvalue weighted by Crippen LogP contribution is 2.18. The summed E-state index contributed by atoms with van der Waals surface area (Å²) in [7, 11) is 0. The van der Waals surface area contributed by atoms with Crippen molar-refractivity contribution in [2.45, 2.75) is 6.54 Å². The van der Waals surface area contributed by atoms with Crippen LogP contribution in [0.25, 0.3) is 0 Å². The fourth-order valence-corrected chi connectivity index (χ4v) is 1.73. The SMILES string of the molecule is NC(N)=Nc1nc(CN=CCS(=O)O)cs1. The van der Waals surface area contributed by atoms with Gasteiger partial charge in [-0.2, -0.15) is 4.99 Å². The lowest BCUT2D eigenvalue weighted by Gasteiger charge is -1.88. The average Bonchev–Trinajstić information content (AvgIpc) is 2.59. The van der Waals surface area contributed by atoms with Gasteiger partial charge in [-0.3, -0.25) is 4.99 Å². The van der Waals surface area contributed by atoms with Gasteiger partial charge in [0.05, 0.1) is 18.0 Å². The summed E-state index contributed by atoms with van der Waals surface area (Å²) >= 11 is -0.548. The predicted octanol–water partition coefficient (Wildman–Crippen LogP) is -0.160. The Hall–Kier alpha value is -1.32. The largest absolute Gasteiger partial charge is 0.370 e. The van der Waals surface area contributed by atoms with Crippen LogP contribution >= 0.6 is 11.3 Å². The van der Waals surface area contributed by atoms with Crippen LogP contribution in [-0.4, -0.2) is 31.7 Å². The Kier molecular flexibility index (Phi) is 5.02. The molecule has 0 fully saturated rings. The van der Waals surface area contributed by atoms with Gasteiger partial charge in [0, 0.05) is 11.6 Å². The molecule has 5 N–H and O–H groups in total. The molecule has 0 saturated carbocycles. The quantitative estimate of drug-likeness (QED) is 0.385. The van der Waals surface area contributed by atoms with Gasteiger partial charge in [-0.1, -0.05) is 0 Å². The number of guanidine groups is 1. The lowest BCUT2D eigenvalue weighted by Crippen LogP contribution is -2.21. The third-order valence-electron chi connectivity index (χ3n) is 1.36. The van der Waals surface area contributed by atoms with Gasteiger partial charge < -0.3 is 16.0 Å². The van der Waals surface area contributed by atoms with E-state index < -0.39 is 11.1 Å². The monoisotopic (exact) mass is 261 g/mol. The molecule has 1 unspecified atom stereocenters. The molecule has 0 bridgehead atoms. The van der Waals surface area contributed by atoms with E-state index in [1.807, 2.05) is 0 Å². The third kappa shape index (κ3) is 4.96. The fraction of sp³-hybridized carbons (Fsp3) is 0.286. The summed E-state index contributed by atoms with van der Waals surface area (Å²) in [5.41, 5.74) is 11.1. The molecule has 16 heavy (non-hydrogen) atoms. The van der Waals surface area contributed by atoms with Crippen LogP contribution in [0.5, 0.6) is 0 Å². The molecule has 0 amide bonds. The summed E-state index contributed by atoms with van der Waals surface area (Å²) in [5.74, 6) is -0.0228. The Morgan fingerprint density at radius 1 is 1.69 bits per heavy atom. The molecule has 0 saturated heterocycles. The van der Waals surface area contributed by atoms with Gasteiger partial charge in [-0.05, 0) is 0 Å². The zero-order valence-corrected chi connectivity index (χ0v) is 9.87. The summed E-state index contributed by atoms with van der Waals surface area (Å²) < 4.78 is 18.8. The number of nitrogens with two attached hydrogens (primary N) is 2. The Balaban J connectivity index is 2.49. The fourth-order valence-electron chi connectivity index (χ4n) is 0.805. The van der Waals surface area contributed by atoms with E-state index in [-0.39, 0.29) is 11.7 Å². The average molecular weight is 261 g/mol. The van der Waals surface area contributed by atoms with Gasteiger partial charge >= 0.3 is 0 Å². The van der Waals surface area contributed by atoms with Crippen molar-refractivity contribution in [2.75, 3.05) is 5.75 Å². The van der Waals surface area contributed by atoms with E-state index in [0.717, 1.165) is 0 Å². The molecule has 1 aromatic rings. The van der Waals surface area contributed by atoms with Crippen LogP contribution in [0, 0.1) is 0 Å². The van der Waals surface area contributed by atoms with E-state index in [1.54, 1.807) is 5.38 Å². The molecule has 1 aromatic heterocycles. The summed E-state index contributed by atoms with van der Waals surface area (Å²) in [5, 5.41) is 2.24. The van der Waals surface area contributed by atoms with Crippen molar-refractivity contribution in [2.24, 2.45) is 21.5 Å². The highest BCUT2D eigenvalue weighted by Gasteiger charge is 1.99. The molecular weight excluding hydrogens is 250 g/mol. The molecule has 1 rings (SSSR count). The molecule has 0 aromatic carbocycles. The van der Waals surface area contributed by atoms with Gasteiger partial charge in [-0.15, -0.1) is 11.3 Å². The molecule has 0 aliphatic rings. The second kappa shape index (κ2) is 6.30. The van der Waals surface area contributed by atoms with Gasteiger partial charge in [0.15, 0.2) is 17.0 Å². The Bertz CT molecular complexity index is 424. The Labute approximate surface area is 98.6 Å². The van der Waals surface area contributed by atoms with Crippen LogP contribution < -0.4 is 11.5 Å². The second-order valence-electron chi connectivity index (χ2n) is 2.67. The minimum atomic E-state index is -1.85. The molecule has 0 spiro atoms. The van der Waals surface area contributed by atoms with Gasteiger partial charge in [0.1, 0.15) is 0 Å². The maximum Gasteiger partial charge on any atom is 0.212 e. The van der Waals surface area contributed by atoms with Crippen LogP contribution in [-0.2, 0) is 17.6 Å². The first-order chi connectivity index (χ1) is 7.58. The van der Waals surface area contributed by atoms with Crippen molar-refractivity contribution < 1.29 is 8.76 Å². The van der Waals surface area contributed by atoms with Crippen LogP contribution in [0.15, 0.2) is 15.4 Å². The van der Waals surface area contributed by atoms with E-state index in [9.17, 15) is 4.21 Å². The minimum Gasteiger partial charge on any atom is -0.370 e.